The first-order chi connectivity index (χ1) is 33.5. The molecule has 13 rings (SSSR count). The third-order valence-electron chi connectivity index (χ3n) is 15.0. The first-order valence-electron chi connectivity index (χ1n) is 23.6. The summed E-state index contributed by atoms with van der Waals surface area (Å²) in [4.78, 5) is 2.56. The number of hydrogen-bond acceptors (Lipinski definition) is 3. The van der Waals surface area contributed by atoms with Crippen LogP contribution in [0.2, 0.25) is 0 Å². The third kappa shape index (κ3) is 7.43. The van der Waals surface area contributed by atoms with Crippen molar-refractivity contribution in [3.05, 3.63) is 247 Å². The molecule has 0 aliphatic heterocycles. The zero-order valence-electron chi connectivity index (χ0n) is 37.2. The van der Waals surface area contributed by atoms with Crippen LogP contribution in [0.25, 0.3) is 62.6 Å². The monoisotopic (exact) mass is 1130 g/mol. The van der Waals surface area contributed by atoms with Gasteiger partial charge in [-0.05, 0) is 212 Å². The van der Waals surface area contributed by atoms with E-state index in [2.05, 4.69) is 262 Å². The van der Waals surface area contributed by atoms with Crippen molar-refractivity contribution < 1.29 is 0 Å². The number of rotatable bonds is 9. The molecule has 1 nitrogen and oxygen atoms in total. The standard InChI is InChI=1S/C63H45I2NS2/c64-45-25-16-40(17-26-45)38-63(39-41-18-27-46(65)28-19-41)57-13-4-1-8-51(57)52-34-33-49(37-58(52)63)66(47-29-20-42(21-30-47)44-24-35-61-56(36-44)54-10-3-5-14-59(54)67-61)48-31-22-43(23-32-48)50-11-7-12-55-53-9-2-6-15-60(53)68-62(50)55/h1-12,14-36,57-58H,13,37-39H2. The molecule has 1 saturated carbocycles. The summed E-state index contributed by atoms with van der Waals surface area (Å²) in [7, 11) is 0. The Kier molecular flexibility index (Phi) is 10.9. The predicted octanol–water partition coefficient (Wildman–Crippen LogP) is 18.9. The van der Waals surface area contributed by atoms with E-state index < -0.39 is 0 Å². The number of benzene rings is 8. The first kappa shape index (κ1) is 42.5. The Hall–Kier alpha value is -5.58. The van der Waals surface area contributed by atoms with Gasteiger partial charge < -0.3 is 4.90 Å². The van der Waals surface area contributed by atoms with E-state index in [0.29, 0.717) is 11.8 Å². The van der Waals surface area contributed by atoms with Crippen molar-refractivity contribution >= 4 is 120 Å². The molecule has 3 aliphatic carbocycles. The van der Waals surface area contributed by atoms with Crippen LogP contribution in [0.1, 0.15) is 24.0 Å². The molecule has 2 heterocycles. The van der Waals surface area contributed by atoms with Gasteiger partial charge in [0.25, 0.3) is 0 Å². The zero-order chi connectivity index (χ0) is 45.3. The second-order valence-electron chi connectivity index (χ2n) is 18.7. The molecule has 328 valence electrons. The van der Waals surface area contributed by atoms with Crippen LogP contribution in [-0.2, 0) is 12.8 Å². The Morgan fingerprint density at radius 1 is 0.485 bits per heavy atom. The maximum absolute atomic E-state index is 2.56. The highest BCUT2D eigenvalue weighted by molar-refractivity contribution is 14.1. The Morgan fingerprint density at radius 3 is 1.75 bits per heavy atom. The number of thiophene rings is 2. The first-order valence-corrected chi connectivity index (χ1v) is 27.3. The van der Waals surface area contributed by atoms with E-state index in [0.717, 1.165) is 25.7 Å². The molecular formula is C63H45I2NS2. The van der Waals surface area contributed by atoms with Gasteiger partial charge in [-0.25, -0.2) is 0 Å². The second kappa shape index (κ2) is 17.4. The maximum atomic E-state index is 2.56. The summed E-state index contributed by atoms with van der Waals surface area (Å²) in [6.07, 6.45) is 16.2. The maximum Gasteiger partial charge on any atom is 0.0458 e. The van der Waals surface area contributed by atoms with E-state index in [1.807, 2.05) is 22.7 Å². The van der Waals surface area contributed by atoms with E-state index >= 15 is 0 Å². The van der Waals surface area contributed by atoms with Gasteiger partial charge in [0.1, 0.15) is 0 Å². The molecule has 5 heteroatoms. The molecule has 0 saturated heterocycles. The van der Waals surface area contributed by atoms with Gasteiger partial charge in [-0.15, -0.1) is 22.7 Å². The molecule has 8 aromatic carbocycles. The second-order valence-corrected chi connectivity index (χ2v) is 23.4. The van der Waals surface area contributed by atoms with Crippen LogP contribution < -0.4 is 4.90 Å². The largest absolute Gasteiger partial charge is 0.314 e. The van der Waals surface area contributed by atoms with Gasteiger partial charge in [-0.1, -0.05) is 133 Å². The highest BCUT2D eigenvalue weighted by Crippen LogP contribution is 2.62. The average molecular weight is 1130 g/mol. The SMILES string of the molecule is Ic1ccc(CC2(Cc3ccc(I)cc3)C3CC=CC=C3C3=CC=C(N(c4ccc(-c5ccc6sc7ccccc7c6c5)cc4)c4ccc(-c5cccc6c5sc5ccccc56)cc4)CC32)cc1. The van der Waals surface area contributed by atoms with Crippen LogP contribution in [-0.4, -0.2) is 0 Å². The summed E-state index contributed by atoms with van der Waals surface area (Å²) < 4.78 is 7.91. The summed E-state index contributed by atoms with van der Waals surface area (Å²) in [6, 6.07) is 68.8. The smallest absolute Gasteiger partial charge is 0.0458 e. The van der Waals surface area contributed by atoms with E-state index in [1.54, 1.807) is 0 Å². The summed E-state index contributed by atoms with van der Waals surface area (Å²) in [5, 5.41) is 5.33. The molecule has 3 aliphatic rings. The number of nitrogens with zero attached hydrogens (tertiary/aromatic N) is 1. The lowest BCUT2D eigenvalue weighted by atomic mass is 9.61. The van der Waals surface area contributed by atoms with E-state index in [4.69, 9.17) is 0 Å². The van der Waals surface area contributed by atoms with Crippen molar-refractivity contribution in [2.45, 2.75) is 25.7 Å². The fourth-order valence-corrected chi connectivity index (χ4v) is 14.9. The fraction of sp³-hybridized carbons (Fsp3) is 0.111. The number of hydrogen-bond donors (Lipinski definition) is 0. The van der Waals surface area contributed by atoms with Gasteiger partial charge in [0.2, 0.25) is 0 Å². The predicted molar refractivity (Wildman–Crippen MR) is 309 cm³/mol. The van der Waals surface area contributed by atoms with Crippen molar-refractivity contribution in [3.8, 4) is 22.3 Å². The van der Waals surface area contributed by atoms with E-state index in [9.17, 15) is 0 Å². The van der Waals surface area contributed by atoms with Gasteiger partial charge in [0, 0.05) is 64.6 Å². The number of allylic oxidation sites excluding steroid dienone is 8. The van der Waals surface area contributed by atoms with Crippen molar-refractivity contribution in [1.82, 2.24) is 0 Å². The van der Waals surface area contributed by atoms with Crippen LogP contribution in [0.5, 0.6) is 0 Å². The van der Waals surface area contributed by atoms with Crippen LogP contribution in [0.15, 0.2) is 229 Å². The lowest BCUT2D eigenvalue weighted by Crippen LogP contribution is -2.39. The van der Waals surface area contributed by atoms with Crippen LogP contribution >= 0.6 is 67.9 Å². The highest BCUT2D eigenvalue weighted by Gasteiger charge is 2.55. The van der Waals surface area contributed by atoms with E-state index in [-0.39, 0.29) is 5.41 Å². The summed E-state index contributed by atoms with van der Waals surface area (Å²) in [5.74, 6) is 0.757. The molecular weight excluding hydrogens is 1090 g/mol. The van der Waals surface area contributed by atoms with Gasteiger partial charge in [-0.2, -0.15) is 0 Å². The Bertz CT molecular complexity index is 3650. The minimum Gasteiger partial charge on any atom is -0.314 e. The molecule has 0 radical (unpaired) electrons. The molecule has 0 amide bonds. The molecule has 10 aromatic rings. The zero-order valence-corrected chi connectivity index (χ0v) is 43.2. The molecule has 0 N–H and O–H groups in total. The average Bonchev–Trinajstić information content (AvgIpc) is 4.04. The van der Waals surface area contributed by atoms with Gasteiger partial charge in [-0.3, -0.25) is 0 Å². The Balaban J connectivity index is 0.929. The molecule has 0 spiro atoms. The summed E-state index contributed by atoms with van der Waals surface area (Å²) >= 11 is 8.67. The lowest BCUT2D eigenvalue weighted by molar-refractivity contribution is 0.146. The van der Waals surface area contributed by atoms with Crippen molar-refractivity contribution in [2.75, 3.05) is 4.90 Å². The molecule has 2 aromatic heterocycles. The Labute approximate surface area is 433 Å². The number of anilines is 2. The van der Waals surface area contributed by atoms with Crippen LogP contribution in [0.4, 0.5) is 11.4 Å². The normalized spacial score (nSPS) is 17.3. The lowest BCUT2D eigenvalue weighted by Gasteiger charge is -2.43. The van der Waals surface area contributed by atoms with Crippen molar-refractivity contribution in [1.29, 1.82) is 0 Å². The van der Waals surface area contributed by atoms with Crippen LogP contribution in [0.3, 0.4) is 0 Å². The Morgan fingerprint density at radius 2 is 1.06 bits per heavy atom. The molecule has 1 fully saturated rings. The van der Waals surface area contributed by atoms with E-state index in [1.165, 1.54) is 109 Å². The topological polar surface area (TPSA) is 3.24 Å². The van der Waals surface area contributed by atoms with Crippen molar-refractivity contribution in [3.63, 3.8) is 0 Å². The number of fused-ring (bicyclic) bond motifs is 9. The minimum atomic E-state index is -0.0195. The molecule has 2 atom stereocenters. The quantitative estimate of drug-likeness (QED) is 0.130. The fourth-order valence-electron chi connectivity index (χ4n) is 11.9. The molecule has 68 heavy (non-hydrogen) atoms. The summed E-state index contributed by atoms with van der Waals surface area (Å²) in [6.45, 7) is 0. The van der Waals surface area contributed by atoms with Gasteiger partial charge >= 0.3 is 0 Å². The van der Waals surface area contributed by atoms with Crippen LogP contribution in [0, 0.1) is 24.4 Å². The molecule has 2 unspecified atom stereocenters. The molecule has 0 bridgehead atoms. The summed E-state index contributed by atoms with van der Waals surface area (Å²) in [5.41, 5.74) is 14.6. The number of halogens is 2. The minimum absolute atomic E-state index is 0.0195. The van der Waals surface area contributed by atoms with Gasteiger partial charge in [0.05, 0.1) is 0 Å². The highest BCUT2D eigenvalue weighted by atomic mass is 127. The van der Waals surface area contributed by atoms with Crippen molar-refractivity contribution in [2.24, 2.45) is 17.3 Å². The van der Waals surface area contributed by atoms with Gasteiger partial charge in [0.15, 0.2) is 0 Å². The third-order valence-corrected chi connectivity index (χ3v) is 18.8.